The summed E-state index contributed by atoms with van der Waals surface area (Å²) in [6.07, 6.45) is 1.22. The zero-order valence-corrected chi connectivity index (χ0v) is 11.1. The average molecular weight is 264 g/mol. The predicted octanol–water partition coefficient (Wildman–Crippen LogP) is 0.849. The van der Waals surface area contributed by atoms with Gasteiger partial charge in [-0.3, -0.25) is 4.79 Å². The molecule has 104 valence electrons. The predicted molar refractivity (Wildman–Crippen MR) is 72.9 cm³/mol. The molecular weight excluding hydrogens is 244 g/mol. The fourth-order valence-corrected chi connectivity index (χ4v) is 2.27. The van der Waals surface area contributed by atoms with Crippen molar-refractivity contribution in [1.82, 2.24) is 5.32 Å². The van der Waals surface area contributed by atoms with Crippen molar-refractivity contribution in [2.24, 2.45) is 0 Å². The second-order valence-corrected chi connectivity index (χ2v) is 5.04. The molecule has 1 heterocycles. The minimum Gasteiger partial charge on any atom is -0.398 e. The van der Waals surface area contributed by atoms with Crippen LogP contribution in [-0.2, 0) is 4.74 Å². The molecule has 0 saturated carbocycles. The molecule has 1 aliphatic rings. The number of nitrogen functional groups attached to an aromatic ring is 1. The van der Waals surface area contributed by atoms with Gasteiger partial charge in [0.1, 0.15) is 0 Å². The van der Waals surface area contributed by atoms with E-state index in [0.717, 1.165) is 5.56 Å². The van der Waals surface area contributed by atoms with Crippen molar-refractivity contribution in [2.75, 3.05) is 25.6 Å². The molecule has 1 amide bonds. The largest absolute Gasteiger partial charge is 0.398 e. The van der Waals surface area contributed by atoms with E-state index < -0.39 is 5.54 Å². The lowest BCUT2D eigenvalue weighted by Gasteiger charge is -2.36. The zero-order chi connectivity index (χ0) is 13.9. The van der Waals surface area contributed by atoms with Crippen LogP contribution in [0.3, 0.4) is 0 Å². The van der Waals surface area contributed by atoms with E-state index >= 15 is 0 Å². The number of aliphatic hydroxyl groups excluding tert-OH is 1. The number of carbonyl (C=O) groups excluding carboxylic acids is 1. The molecule has 0 spiro atoms. The molecule has 1 aromatic rings. The molecule has 0 atom stereocenters. The number of nitrogens with two attached hydrogens (primary N) is 1. The van der Waals surface area contributed by atoms with Gasteiger partial charge < -0.3 is 20.9 Å². The molecule has 1 aromatic carbocycles. The summed E-state index contributed by atoms with van der Waals surface area (Å²) in [4.78, 5) is 12.3. The van der Waals surface area contributed by atoms with Gasteiger partial charge in [0, 0.05) is 18.9 Å². The number of hydrogen-bond acceptors (Lipinski definition) is 4. The van der Waals surface area contributed by atoms with E-state index in [-0.39, 0.29) is 12.5 Å². The molecule has 2 rings (SSSR count). The Kier molecular flexibility index (Phi) is 4.07. The van der Waals surface area contributed by atoms with E-state index in [2.05, 4.69) is 5.32 Å². The number of ether oxygens (including phenoxy) is 1. The number of benzene rings is 1. The smallest absolute Gasteiger partial charge is 0.253 e. The number of aliphatic hydroxyl groups is 1. The molecule has 0 unspecified atom stereocenters. The maximum atomic E-state index is 12.3. The third-order valence-electron chi connectivity index (χ3n) is 3.70. The number of amides is 1. The molecule has 0 aliphatic carbocycles. The van der Waals surface area contributed by atoms with E-state index in [1.165, 1.54) is 0 Å². The van der Waals surface area contributed by atoms with Gasteiger partial charge >= 0.3 is 0 Å². The summed E-state index contributed by atoms with van der Waals surface area (Å²) in [5, 5.41) is 12.5. The third kappa shape index (κ3) is 2.88. The first kappa shape index (κ1) is 13.8. The van der Waals surface area contributed by atoms with Crippen LogP contribution in [0.15, 0.2) is 18.2 Å². The van der Waals surface area contributed by atoms with Crippen LogP contribution in [0.5, 0.6) is 0 Å². The van der Waals surface area contributed by atoms with Crippen LogP contribution in [0.2, 0.25) is 0 Å². The quantitative estimate of drug-likeness (QED) is 0.707. The highest BCUT2D eigenvalue weighted by molar-refractivity contribution is 6.00. The second-order valence-electron chi connectivity index (χ2n) is 5.04. The topological polar surface area (TPSA) is 84.6 Å². The van der Waals surface area contributed by atoms with Gasteiger partial charge in [0.25, 0.3) is 5.91 Å². The van der Waals surface area contributed by atoms with Gasteiger partial charge in [-0.2, -0.15) is 0 Å². The molecule has 5 nitrogen and oxygen atoms in total. The molecule has 1 saturated heterocycles. The van der Waals surface area contributed by atoms with Crippen LogP contribution in [0.4, 0.5) is 5.69 Å². The Bertz CT molecular complexity index is 468. The number of hydrogen-bond donors (Lipinski definition) is 3. The van der Waals surface area contributed by atoms with E-state index in [1.54, 1.807) is 12.1 Å². The van der Waals surface area contributed by atoms with E-state index in [1.807, 2.05) is 13.0 Å². The molecular formula is C14H20N2O3. The number of carbonyl (C=O) groups is 1. The van der Waals surface area contributed by atoms with Gasteiger partial charge in [-0.25, -0.2) is 0 Å². The maximum Gasteiger partial charge on any atom is 0.253 e. The Labute approximate surface area is 112 Å². The average Bonchev–Trinajstić information content (AvgIpc) is 2.42. The standard InChI is InChI=1S/C14H20N2O3/c1-10-3-2-4-11(12(10)15)13(18)16-14(9-17)5-7-19-8-6-14/h2-4,17H,5-9,15H2,1H3,(H,16,18). The second kappa shape index (κ2) is 5.59. The first-order chi connectivity index (χ1) is 9.08. The molecule has 0 aromatic heterocycles. The maximum absolute atomic E-state index is 12.3. The number of nitrogens with one attached hydrogen (secondary N) is 1. The van der Waals surface area contributed by atoms with Crippen LogP contribution < -0.4 is 11.1 Å². The van der Waals surface area contributed by atoms with Gasteiger partial charge in [0.15, 0.2) is 0 Å². The van der Waals surface area contributed by atoms with Crippen LogP contribution in [0.1, 0.15) is 28.8 Å². The number of rotatable bonds is 3. The van der Waals surface area contributed by atoms with Gasteiger partial charge in [-0.1, -0.05) is 12.1 Å². The molecule has 1 fully saturated rings. The minimum absolute atomic E-state index is 0.0895. The summed E-state index contributed by atoms with van der Waals surface area (Å²) in [5.41, 5.74) is 7.15. The first-order valence-electron chi connectivity index (χ1n) is 6.44. The van der Waals surface area contributed by atoms with Gasteiger partial charge in [-0.15, -0.1) is 0 Å². The molecule has 1 aliphatic heterocycles. The summed E-state index contributed by atoms with van der Waals surface area (Å²) in [7, 11) is 0. The van der Waals surface area contributed by atoms with Crippen LogP contribution in [0, 0.1) is 6.92 Å². The summed E-state index contributed by atoms with van der Waals surface area (Å²) in [6, 6.07) is 5.36. The van der Waals surface area contributed by atoms with E-state index in [4.69, 9.17) is 10.5 Å². The molecule has 4 N–H and O–H groups in total. The lowest BCUT2D eigenvalue weighted by atomic mass is 9.90. The summed E-state index contributed by atoms with van der Waals surface area (Å²) in [5.74, 6) is -0.239. The number of aryl methyl sites for hydroxylation is 1. The Hall–Kier alpha value is -1.59. The van der Waals surface area contributed by atoms with Crippen molar-refractivity contribution in [3.05, 3.63) is 29.3 Å². The number of anilines is 1. The fraction of sp³-hybridized carbons (Fsp3) is 0.500. The van der Waals surface area contributed by atoms with Crippen molar-refractivity contribution in [2.45, 2.75) is 25.3 Å². The highest BCUT2D eigenvalue weighted by Crippen LogP contribution is 2.22. The molecule has 0 radical (unpaired) electrons. The Balaban J connectivity index is 2.17. The van der Waals surface area contributed by atoms with E-state index in [0.29, 0.717) is 37.3 Å². The Morgan fingerprint density at radius 2 is 2.16 bits per heavy atom. The summed E-state index contributed by atoms with van der Waals surface area (Å²) >= 11 is 0. The van der Waals surface area contributed by atoms with Crippen LogP contribution in [-0.4, -0.2) is 36.4 Å². The monoisotopic (exact) mass is 264 g/mol. The Morgan fingerprint density at radius 3 is 2.79 bits per heavy atom. The van der Waals surface area contributed by atoms with Crippen LogP contribution >= 0.6 is 0 Å². The summed E-state index contributed by atoms with van der Waals surface area (Å²) < 4.78 is 5.27. The van der Waals surface area contributed by atoms with Crippen LogP contribution in [0.25, 0.3) is 0 Å². The fourth-order valence-electron chi connectivity index (χ4n) is 2.27. The van der Waals surface area contributed by atoms with Crippen molar-refractivity contribution in [3.8, 4) is 0 Å². The van der Waals surface area contributed by atoms with Crippen molar-refractivity contribution >= 4 is 11.6 Å². The first-order valence-corrected chi connectivity index (χ1v) is 6.44. The minimum atomic E-state index is -0.592. The highest BCUT2D eigenvalue weighted by atomic mass is 16.5. The third-order valence-corrected chi connectivity index (χ3v) is 3.70. The molecule has 0 bridgehead atoms. The lowest BCUT2D eigenvalue weighted by molar-refractivity contribution is 0.0125. The summed E-state index contributed by atoms with van der Waals surface area (Å²) in [6.45, 7) is 2.87. The normalized spacial score (nSPS) is 18.0. The molecule has 19 heavy (non-hydrogen) atoms. The zero-order valence-electron chi connectivity index (χ0n) is 11.1. The van der Waals surface area contributed by atoms with Crippen molar-refractivity contribution in [1.29, 1.82) is 0 Å². The van der Waals surface area contributed by atoms with Gasteiger partial charge in [0.2, 0.25) is 0 Å². The van der Waals surface area contributed by atoms with Gasteiger partial charge in [0.05, 0.1) is 17.7 Å². The highest BCUT2D eigenvalue weighted by Gasteiger charge is 2.34. The number of para-hydroxylation sites is 1. The van der Waals surface area contributed by atoms with Gasteiger partial charge in [-0.05, 0) is 31.4 Å². The SMILES string of the molecule is Cc1cccc(C(=O)NC2(CO)CCOCC2)c1N. The van der Waals surface area contributed by atoms with E-state index in [9.17, 15) is 9.90 Å². The van der Waals surface area contributed by atoms with Crippen molar-refractivity contribution in [3.63, 3.8) is 0 Å². The molecule has 5 heteroatoms. The van der Waals surface area contributed by atoms with Crippen molar-refractivity contribution < 1.29 is 14.6 Å². The Morgan fingerprint density at radius 1 is 1.47 bits per heavy atom. The lowest BCUT2D eigenvalue weighted by Crippen LogP contribution is -2.54.